The van der Waals surface area contributed by atoms with Crippen molar-refractivity contribution in [1.29, 1.82) is 0 Å². The van der Waals surface area contributed by atoms with Crippen LogP contribution in [0.1, 0.15) is 6.92 Å². The van der Waals surface area contributed by atoms with Crippen molar-refractivity contribution in [3.05, 3.63) is 30.1 Å². The fourth-order valence-electron chi connectivity index (χ4n) is 2.34. The van der Waals surface area contributed by atoms with Crippen molar-refractivity contribution in [2.45, 2.75) is 12.3 Å². The smallest absolute Gasteiger partial charge is 0.166 e. The van der Waals surface area contributed by atoms with E-state index in [-0.39, 0.29) is 11.6 Å². The van der Waals surface area contributed by atoms with Crippen molar-refractivity contribution in [2.75, 3.05) is 42.2 Å². The summed E-state index contributed by atoms with van der Waals surface area (Å²) in [5, 5.41) is 2.75. The standard InChI is InChI=1S/C14H21FN2O2S2/c1-2-21(18,19)14-11-20-9-8-17(14)7-6-16-13-5-3-4-12(15)10-13/h3-5,10,14,16H,2,6-9,11H2,1H3. The van der Waals surface area contributed by atoms with Crippen LogP contribution in [-0.2, 0) is 9.84 Å². The summed E-state index contributed by atoms with van der Waals surface area (Å²) in [4.78, 5) is 2.02. The van der Waals surface area contributed by atoms with Crippen LogP contribution in [0.15, 0.2) is 24.3 Å². The van der Waals surface area contributed by atoms with Crippen molar-refractivity contribution in [2.24, 2.45) is 0 Å². The molecule has 1 aliphatic heterocycles. The molecule has 1 aromatic carbocycles. The summed E-state index contributed by atoms with van der Waals surface area (Å²) in [7, 11) is -3.05. The van der Waals surface area contributed by atoms with Gasteiger partial charge in [0, 0.05) is 42.6 Å². The Hall–Kier alpha value is -0.790. The van der Waals surface area contributed by atoms with Crippen LogP contribution in [0.25, 0.3) is 0 Å². The Labute approximate surface area is 130 Å². The van der Waals surface area contributed by atoms with Gasteiger partial charge in [0.1, 0.15) is 11.2 Å². The summed E-state index contributed by atoms with van der Waals surface area (Å²) in [6.07, 6.45) is 0. The summed E-state index contributed by atoms with van der Waals surface area (Å²) in [5.74, 6) is 1.48. The molecule has 1 unspecified atom stereocenters. The molecule has 0 aliphatic carbocycles. The van der Waals surface area contributed by atoms with Crippen LogP contribution in [0.2, 0.25) is 0 Å². The van der Waals surface area contributed by atoms with Gasteiger partial charge in [-0.3, -0.25) is 4.90 Å². The maximum Gasteiger partial charge on any atom is 0.166 e. The lowest BCUT2D eigenvalue weighted by Crippen LogP contribution is -2.49. The quantitative estimate of drug-likeness (QED) is 0.864. The number of hydrogen-bond donors (Lipinski definition) is 1. The van der Waals surface area contributed by atoms with Crippen LogP contribution in [0.5, 0.6) is 0 Å². The molecule has 4 nitrogen and oxygen atoms in total. The highest BCUT2D eigenvalue weighted by Crippen LogP contribution is 2.21. The first-order chi connectivity index (χ1) is 10.0. The highest BCUT2D eigenvalue weighted by molar-refractivity contribution is 8.01. The van der Waals surface area contributed by atoms with E-state index in [2.05, 4.69) is 5.32 Å². The van der Waals surface area contributed by atoms with Gasteiger partial charge in [0.2, 0.25) is 0 Å². The predicted molar refractivity (Wildman–Crippen MR) is 87.0 cm³/mol. The zero-order chi connectivity index (χ0) is 15.3. The van der Waals surface area contributed by atoms with E-state index in [9.17, 15) is 12.8 Å². The Bertz CT molecular complexity index is 566. The van der Waals surface area contributed by atoms with Gasteiger partial charge in [-0.1, -0.05) is 13.0 Å². The van der Waals surface area contributed by atoms with Gasteiger partial charge in [-0.05, 0) is 18.2 Å². The van der Waals surface area contributed by atoms with E-state index in [0.717, 1.165) is 18.0 Å². The van der Waals surface area contributed by atoms with Crippen molar-refractivity contribution in [3.63, 3.8) is 0 Å². The average molecular weight is 332 g/mol. The lowest BCUT2D eigenvalue weighted by molar-refractivity contribution is 0.280. The molecule has 2 rings (SSSR count). The monoisotopic (exact) mass is 332 g/mol. The van der Waals surface area contributed by atoms with Crippen LogP contribution in [0, 0.1) is 5.82 Å². The van der Waals surface area contributed by atoms with Crippen LogP contribution in [0.4, 0.5) is 10.1 Å². The van der Waals surface area contributed by atoms with Gasteiger partial charge >= 0.3 is 0 Å². The van der Waals surface area contributed by atoms with Gasteiger partial charge < -0.3 is 5.32 Å². The van der Waals surface area contributed by atoms with E-state index >= 15 is 0 Å². The lowest BCUT2D eigenvalue weighted by atomic mass is 10.3. The van der Waals surface area contributed by atoms with Crippen LogP contribution >= 0.6 is 11.8 Å². The van der Waals surface area contributed by atoms with Crippen LogP contribution in [-0.4, -0.2) is 55.6 Å². The second-order valence-electron chi connectivity index (χ2n) is 4.95. The molecule has 118 valence electrons. The second-order valence-corrected chi connectivity index (χ2v) is 8.55. The number of halogens is 1. The number of anilines is 1. The summed E-state index contributed by atoms with van der Waals surface area (Å²) in [6.45, 7) is 3.71. The van der Waals surface area contributed by atoms with Crippen molar-refractivity contribution in [3.8, 4) is 0 Å². The molecular weight excluding hydrogens is 311 g/mol. The first-order valence-corrected chi connectivity index (χ1v) is 9.93. The fourth-order valence-corrected chi connectivity index (χ4v) is 5.45. The summed E-state index contributed by atoms with van der Waals surface area (Å²) >= 11 is 1.69. The summed E-state index contributed by atoms with van der Waals surface area (Å²) < 4.78 is 37.3. The highest BCUT2D eigenvalue weighted by Gasteiger charge is 2.32. The topological polar surface area (TPSA) is 49.4 Å². The molecule has 1 fully saturated rings. The third-order valence-corrected chi connectivity index (χ3v) is 6.89. The minimum Gasteiger partial charge on any atom is -0.384 e. The zero-order valence-corrected chi connectivity index (χ0v) is 13.7. The average Bonchev–Trinajstić information content (AvgIpc) is 2.48. The molecule has 7 heteroatoms. The maximum absolute atomic E-state index is 13.1. The molecule has 1 N–H and O–H groups in total. The van der Waals surface area contributed by atoms with Crippen LogP contribution in [0.3, 0.4) is 0 Å². The lowest BCUT2D eigenvalue weighted by Gasteiger charge is -2.34. The Morgan fingerprint density at radius 2 is 2.29 bits per heavy atom. The molecular formula is C14H21FN2O2S2. The third kappa shape index (κ3) is 4.59. The molecule has 0 amide bonds. The molecule has 1 aromatic rings. The van der Waals surface area contributed by atoms with E-state index < -0.39 is 15.2 Å². The molecule has 0 aromatic heterocycles. The van der Waals surface area contributed by atoms with E-state index in [1.807, 2.05) is 4.90 Å². The number of thioether (sulfide) groups is 1. The molecule has 1 aliphatic rings. The van der Waals surface area contributed by atoms with Crippen LogP contribution < -0.4 is 5.32 Å². The maximum atomic E-state index is 13.1. The Morgan fingerprint density at radius 1 is 1.48 bits per heavy atom. The molecule has 0 bridgehead atoms. The van der Waals surface area contributed by atoms with Gasteiger partial charge in [0.05, 0.1) is 0 Å². The molecule has 1 saturated heterocycles. The Kier molecular flexibility index (Phi) is 5.89. The molecule has 0 saturated carbocycles. The van der Waals surface area contributed by atoms with E-state index in [1.54, 1.807) is 30.8 Å². The van der Waals surface area contributed by atoms with Gasteiger partial charge in [-0.25, -0.2) is 12.8 Å². The van der Waals surface area contributed by atoms with Gasteiger partial charge in [-0.15, -0.1) is 0 Å². The zero-order valence-electron chi connectivity index (χ0n) is 12.1. The summed E-state index contributed by atoms with van der Waals surface area (Å²) in [6, 6.07) is 6.29. The van der Waals surface area contributed by atoms with E-state index in [0.29, 0.717) is 18.8 Å². The third-order valence-electron chi connectivity index (χ3n) is 3.56. The molecule has 0 radical (unpaired) electrons. The number of benzene rings is 1. The second kappa shape index (κ2) is 7.47. The van der Waals surface area contributed by atoms with Gasteiger partial charge in [-0.2, -0.15) is 11.8 Å². The van der Waals surface area contributed by atoms with E-state index in [4.69, 9.17) is 0 Å². The Balaban J connectivity index is 1.91. The van der Waals surface area contributed by atoms with Crippen molar-refractivity contribution in [1.82, 2.24) is 4.90 Å². The van der Waals surface area contributed by atoms with Crippen molar-refractivity contribution < 1.29 is 12.8 Å². The first-order valence-electron chi connectivity index (χ1n) is 7.05. The van der Waals surface area contributed by atoms with Gasteiger partial charge in [0.25, 0.3) is 0 Å². The predicted octanol–water partition coefficient (Wildman–Crippen LogP) is 2.05. The normalized spacial score (nSPS) is 20.4. The van der Waals surface area contributed by atoms with Crippen molar-refractivity contribution >= 4 is 27.3 Å². The minimum atomic E-state index is -3.05. The molecule has 1 atom stereocenters. The molecule has 0 spiro atoms. The largest absolute Gasteiger partial charge is 0.384 e. The molecule has 21 heavy (non-hydrogen) atoms. The number of sulfone groups is 1. The number of nitrogens with zero attached hydrogens (tertiary/aromatic N) is 1. The number of rotatable bonds is 6. The molecule has 1 heterocycles. The number of nitrogens with one attached hydrogen (secondary N) is 1. The summed E-state index contributed by atoms with van der Waals surface area (Å²) in [5.41, 5.74) is 0.719. The highest BCUT2D eigenvalue weighted by atomic mass is 32.2. The minimum absolute atomic E-state index is 0.173. The number of hydrogen-bond acceptors (Lipinski definition) is 5. The van der Waals surface area contributed by atoms with E-state index in [1.165, 1.54) is 12.1 Å². The van der Waals surface area contributed by atoms with Gasteiger partial charge in [0.15, 0.2) is 9.84 Å². The fraction of sp³-hybridized carbons (Fsp3) is 0.571. The first kappa shape index (κ1) is 16.6. The Morgan fingerprint density at radius 3 is 3.00 bits per heavy atom. The SMILES string of the molecule is CCS(=O)(=O)C1CSCCN1CCNc1cccc(F)c1.